The van der Waals surface area contributed by atoms with Crippen LogP contribution in [0.2, 0.25) is 10.0 Å². The number of carbonyl (C=O) groups is 2. The van der Waals surface area contributed by atoms with Crippen LogP contribution in [-0.4, -0.2) is 29.3 Å². The van der Waals surface area contributed by atoms with Crippen LogP contribution in [0.5, 0.6) is 0 Å². The number of rotatable bonds is 9. The van der Waals surface area contributed by atoms with Gasteiger partial charge in [0.1, 0.15) is 6.04 Å². The molecule has 6 heteroatoms. The van der Waals surface area contributed by atoms with Crippen molar-refractivity contribution in [2.45, 2.75) is 53.1 Å². The number of aryl methyl sites for hydroxylation is 1. The lowest BCUT2D eigenvalue weighted by molar-refractivity contribution is -0.141. The standard InChI is InChI=1S/C24H30Cl2N2O2/c1-5-22(24(30)27-14-16(2)3)28(15-19-10-11-20(25)21(26)12-19)23(29)13-18-8-6-17(4)7-9-18/h6-12,16,22H,5,13-15H2,1-4H3,(H,27,30). The Morgan fingerprint density at radius 2 is 1.63 bits per heavy atom. The first-order valence-corrected chi connectivity index (χ1v) is 11.0. The molecule has 2 aromatic rings. The van der Waals surface area contributed by atoms with Gasteiger partial charge in [-0.15, -0.1) is 0 Å². The number of hydrogen-bond acceptors (Lipinski definition) is 2. The second kappa shape index (κ2) is 11.4. The van der Waals surface area contributed by atoms with Crippen molar-refractivity contribution in [1.29, 1.82) is 0 Å². The second-order valence-corrected chi connectivity index (χ2v) is 8.81. The van der Waals surface area contributed by atoms with Gasteiger partial charge in [-0.3, -0.25) is 9.59 Å². The van der Waals surface area contributed by atoms with Crippen LogP contribution in [0.3, 0.4) is 0 Å². The van der Waals surface area contributed by atoms with Gasteiger partial charge in [-0.25, -0.2) is 0 Å². The number of hydrogen-bond donors (Lipinski definition) is 1. The molecule has 30 heavy (non-hydrogen) atoms. The number of halogens is 2. The van der Waals surface area contributed by atoms with E-state index in [-0.39, 0.29) is 24.8 Å². The number of benzene rings is 2. The maximum atomic E-state index is 13.3. The van der Waals surface area contributed by atoms with Crippen molar-refractivity contribution in [2.24, 2.45) is 5.92 Å². The van der Waals surface area contributed by atoms with Gasteiger partial charge in [0.2, 0.25) is 11.8 Å². The molecule has 2 amide bonds. The third-order valence-electron chi connectivity index (χ3n) is 4.88. The van der Waals surface area contributed by atoms with Gasteiger partial charge in [-0.05, 0) is 42.5 Å². The van der Waals surface area contributed by atoms with E-state index in [0.29, 0.717) is 28.9 Å². The fourth-order valence-electron chi connectivity index (χ4n) is 3.16. The van der Waals surface area contributed by atoms with Crippen LogP contribution >= 0.6 is 23.2 Å². The predicted octanol–water partition coefficient (Wildman–Crippen LogP) is 5.42. The molecule has 2 aromatic carbocycles. The number of nitrogens with one attached hydrogen (secondary N) is 1. The highest BCUT2D eigenvalue weighted by atomic mass is 35.5. The van der Waals surface area contributed by atoms with Crippen molar-refractivity contribution >= 4 is 35.0 Å². The molecule has 0 bridgehead atoms. The molecule has 0 saturated carbocycles. The molecule has 1 N–H and O–H groups in total. The van der Waals surface area contributed by atoms with E-state index in [9.17, 15) is 9.59 Å². The molecule has 0 aliphatic heterocycles. The van der Waals surface area contributed by atoms with E-state index >= 15 is 0 Å². The van der Waals surface area contributed by atoms with E-state index in [1.807, 2.05) is 58.0 Å². The minimum atomic E-state index is -0.559. The summed E-state index contributed by atoms with van der Waals surface area (Å²) in [5, 5.41) is 3.85. The topological polar surface area (TPSA) is 49.4 Å². The van der Waals surface area contributed by atoms with E-state index in [0.717, 1.165) is 16.7 Å². The Morgan fingerprint density at radius 1 is 1.00 bits per heavy atom. The Hall–Kier alpha value is -2.04. The lowest BCUT2D eigenvalue weighted by Gasteiger charge is -2.31. The number of carbonyl (C=O) groups excluding carboxylic acids is 2. The highest BCUT2D eigenvalue weighted by molar-refractivity contribution is 6.42. The first kappa shape index (κ1) is 24.2. The normalized spacial score (nSPS) is 12.0. The van der Waals surface area contributed by atoms with E-state index in [4.69, 9.17) is 23.2 Å². The van der Waals surface area contributed by atoms with Crippen molar-refractivity contribution < 1.29 is 9.59 Å². The first-order valence-electron chi connectivity index (χ1n) is 10.3. The molecule has 1 unspecified atom stereocenters. The lowest BCUT2D eigenvalue weighted by Crippen LogP contribution is -2.50. The third kappa shape index (κ3) is 7.03. The third-order valence-corrected chi connectivity index (χ3v) is 5.62. The molecule has 0 spiro atoms. The summed E-state index contributed by atoms with van der Waals surface area (Å²) in [6.45, 7) is 8.86. The number of nitrogens with zero attached hydrogens (tertiary/aromatic N) is 1. The van der Waals surface area contributed by atoms with Gasteiger partial charge in [-0.1, -0.05) is 79.9 Å². The molecule has 0 aliphatic carbocycles. The average Bonchev–Trinajstić information content (AvgIpc) is 2.70. The monoisotopic (exact) mass is 448 g/mol. The minimum Gasteiger partial charge on any atom is -0.354 e. The van der Waals surface area contributed by atoms with Crippen LogP contribution in [0, 0.1) is 12.8 Å². The summed E-state index contributed by atoms with van der Waals surface area (Å²) in [6.07, 6.45) is 0.750. The number of amides is 2. The summed E-state index contributed by atoms with van der Waals surface area (Å²) in [4.78, 5) is 27.8. The van der Waals surface area contributed by atoms with Crippen molar-refractivity contribution in [3.63, 3.8) is 0 Å². The zero-order valence-electron chi connectivity index (χ0n) is 18.0. The van der Waals surface area contributed by atoms with Crippen LogP contribution in [0.1, 0.15) is 43.9 Å². The highest BCUT2D eigenvalue weighted by Crippen LogP contribution is 2.24. The molecule has 0 heterocycles. The Balaban J connectivity index is 2.28. The Labute approximate surface area is 189 Å². The van der Waals surface area contributed by atoms with E-state index in [2.05, 4.69) is 5.32 Å². The largest absolute Gasteiger partial charge is 0.354 e. The van der Waals surface area contributed by atoms with Crippen molar-refractivity contribution in [3.05, 3.63) is 69.2 Å². The molecule has 0 aromatic heterocycles. The van der Waals surface area contributed by atoms with Crippen molar-refractivity contribution in [3.8, 4) is 0 Å². The fraction of sp³-hybridized carbons (Fsp3) is 0.417. The molecule has 1 atom stereocenters. The average molecular weight is 449 g/mol. The van der Waals surface area contributed by atoms with Crippen LogP contribution in [0.25, 0.3) is 0 Å². The molecule has 0 saturated heterocycles. The zero-order valence-corrected chi connectivity index (χ0v) is 19.6. The van der Waals surface area contributed by atoms with Gasteiger partial charge in [0.05, 0.1) is 16.5 Å². The summed E-state index contributed by atoms with van der Waals surface area (Å²) in [5.74, 6) is 0.0956. The SMILES string of the molecule is CCC(C(=O)NCC(C)C)N(Cc1ccc(Cl)c(Cl)c1)C(=O)Cc1ccc(C)cc1. The van der Waals surface area contributed by atoms with E-state index in [1.54, 1.807) is 17.0 Å². The molecule has 4 nitrogen and oxygen atoms in total. The van der Waals surface area contributed by atoms with Crippen LogP contribution in [-0.2, 0) is 22.6 Å². The van der Waals surface area contributed by atoms with E-state index in [1.165, 1.54) is 0 Å². The van der Waals surface area contributed by atoms with Gasteiger partial charge < -0.3 is 10.2 Å². The minimum absolute atomic E-state index is 0.100. The molecular formula is C24H30Cl2N2O2. The highest BCUT2D eigenvalue weighted by Gasteiger charge is 2.28. The zero-order chi connectivity index (χ0) is 22.3. The van der Waals surface area contributed by atoms with Crippen LogP contribution in [0.4, 0.5) is 0 Å². The molecular weight excluding hydrogens is 419 g/mol. The second-order valence-electron chi connectivity index (χ2n) is 8.00. The van der Waals surface area contributed by atoms with Crippen LogP contribution in [0.15, 0.2) is 42.5 Å². The first-order chi connectivity index (χ1) is 14.2. The van der Waals surface area contributed by atoms with Gasteiger partial charge in [0.15, 0.2) is 0 Å². The van der Waals surface area contributed by atoms with Crippen molar-refractivity contribution in [1.82, 2.24) is 10.2 Å². The molecule has 2 rings (SSSR count). The summed E-state index contributed by atoms with van der Waals surface area (Å²) in [6, 6.07) is 12.6. The molecule has 162 valence electrons. The van der Waals surface area contributed by atoms with Gasteiger partial charge in [-0.2, -0.15) is 0 Å². The maximum Gasteiger partial charge on any atom is 0.242 e. The van der Waals surface area contributed by atoms with E-state index < -0.39 is 6.04 Å². The molecule has 0 fully saturated rings. The van der Waals surface area contributed by atoms with Crippen LogP contribution < -0.4 is 5.32 Å². The molecule has 0 aliphatic rings. The maximum absolute atomic E-state index is 13.3. The summed E-state index contributed by atoms with van der Waals surface area (Å²) in [7, 11) is 0. The van der Waals surface area contributed by atoms with Crippen molar-refractivity contribution in [2.75, 3.05) is 6.54 Å². The fourth-order valence-corrected chi connectivity index (χ4v) is 3.48. The Kier molecular flexibility index (Phi) is 9.19. The van der Waals surface area contributed by atoms with Gasteiger partial charge >= 0.3 is 0 Å². The Bertz CT molecular complexity index is 866. The predicted molar refractivity (Wildman–Crippen MR) is 124 cm³/mol. The summed E-state index contributed by atoms with van der Waals surface area (Å²) in [5.41, 5.74) is 2.89. The Morgan fingerprint density at radius 3 is 2.20 bits per heavy atom. The smallest absolute Gasteiger partial charge is 0.242 e. The molecule has 0 radical (unpaired) electrons. The van der Waals surface area contributed by atoms with Gasteiger partial charge in [0, 0.05) is 13.1 Å². The summed E-state index contributed by atoms with van der Waals surface area (Å²) < 4.78 is 0. The lowest BCUT2D eigenvalue weighted by atomic mass is 10.1. The summed E-state index contributed by atoms with van der Waals surface area (Å²) >= 11 is 12.2. The quantitative estimate of drug-likeness (QED) is 0.556. The van der Waals surface area contributed by atoms with Gasteiger partial charge in [0.25, 0.3) is 0 Å².